The van der Waals surface area contributed by atoms with Crippen LogP contribution >= 0.6 is 11.6 Å². The Kier molecular flexibility index (Phi) is 4.54. The fourth-order valence-corrected chi connectivity index (χ4v) is 2.58. The summed E-state index contributed by atoms with van der Waals surface area (Å²) in [7, 11) is 1.78. The molecular weight excluding hydrogens is 260 g/mol. The monoisotopic (exact) mass is 275 g/mol. The first kappa shape index (κ1) is 13.7. The lowest BCUT2D eigenvalue weighted by molar-refractivity contribution is 0.0953. The van der Waals surface area contributed by atoms with Crippen LogP contribution in [0.15, 0.2) is 12.1 Å². The van der Waals surface area contributed by atoms with E-state index in [-0.39, 0.29) is 17.2 Å². The van der Waals surface area contributed by atoms with Crippen LogP contribution in [0.3, 0.4) is 0 Å². The van der Waals surface area contributed by atoms with Crippen LogP contribution in [0.5, 0.6) is 0 Å². The summed E-state index contributed by atoms with van der Waals surface area (Å²) in [5, 5.41) is 3.32. The molecule has 0 aliphatic carbocycles. The summed E-state index contributed by atoms with van der Waals surface area (Å²) in [5.74, 6) is -1.79. The molecule has 2 unspecified atom stereocenters. The second-order valence-corrected chi connectivity index (χ2v) is 4.91. The Labute approximate surface area is 110 Å². The Hall–Kier alpha value is -0.710. The largest absolute Gasteiger partial charge is 0.378 e. The minimum atomic E-state index is -0.921. The zero-order valence-electron chi connectivity index (χ0n) is 10.2. The van der Waals surface area contributed by atoms with E-state index in [1.165, 1.54) is 0 Å². The van der Waals surface area contributed by atoms with Gasteiger partial charge in [-0.1, -0.05) is 11.6 Å². The van der Waals surface area contributed by atoms with Gasteiger partial charge < -0.3 is 10.1 Å². The fourth-order valence-electron chi connectivity index (χ4n) is 2.30. The predicted octanol–water partition coefficient (Wildman–Crippen LogP) is 3.45. The number of benzene rings is 1. The summed E-state index contributed by atoms with van der Waals surface area (Å²) in [6.07, 6.45) is 2.92. The van der Waals surface area contributed by atoms with Crippen molar-refractivity contribution in [2.45, 2.75) is 31.4 Å². The molecule has 100 valence electrons. The molecule has 0 radical (unpaired) electrons. The molecule has 0 amide bonds. The summed E-state index contributed by atoms with van der Waals surface area (Å²) >= 11 is 5.97. The van der Waals surface area contributed by atoms with E-state index in [9.17, 15) is 8.78 Å². The average Bonchev–Trinajstić information content (AvgIpc) is 2.84. The summed E-state index contributed by atoms with van der Waals surface area (Å²) in [4.78, 5) is 0. The predicted molar refractivity (Wildman–Crippen MR) is 66.8 cm³/mol. The first-order valence-electron chi connectivity index (χ1n) is 6.05. The maximum Gasteiger partial charge on any atom is 0.160 e. The molecule has 1 fully saturated rings. The van der Waals surface area contributed by atoms with Crippen molar-refractivity contribution in [2.24, 2.45) is 0 Å². The van der Waals surface area contributed by atoms with Crippen molar-refractivity contribution in [3.63, 3.8) is 0 Å². The molecule has 1 heterocycles. The van der Waals surface area contributed by atoms with Crippen LogP contribution in [0, 0.1) is 11.6 Å². The maximum atomic E-state index is 13.3. The molecule has 2 atom stereocenters. The van der Waals surface area contributed by atoms with Gasteiger partial charge in [-0.15, -0.1) is 0 Å². The zero-order valence-corrected chi connectivity index (χ0v) is 10.9. The fraction of sp³-hybridized carbons (Fsp3) is 0.538. The van der Waals surface area contributed by atoms with Crippen LogP contribution in [0.4, 0.5) is 8.78 Å². The third-order valence-corrected chi connectivity index (χ3v) is 3.61. The van der Waals surface area contributed by atoms with E-state index < -0.39 is 11.6 Å². The van der Waals surface area contributed by atoms with E-state index in [4.69, 9.17) is 16.3 Å². The Morgan fingerprint density at radius 3 is 2.78 bits per heavy atom. The molecule has 0 spiro atoms. The van der Waals surface area contributed by atoms with Gasteiger partial charge in [0, 0.05) is 17.7 Å². The van der Waals surface area contributed by atoms with Gasteiger partial charge in [-0.2, -0.15) is 0 Å². The topological polar surface area (TPSA) is 21.3 Å². The highest BCUT2D eigenvalue weighted by Crippen LogP contribution is 2.30. The lowest BCUT2D eigenvalue weighted by Crippen LogP contribution is -2.22. The third kappa shape index (κ3) is 2.99. The molecule has 1 aliphatic rings. The van der Waals surface area contributed by atoms with E-state index in [2.05, 4.69) is 5.32 Å². The number of ether oxygens (including phenoxy) is 1. The highest BCUT2D eigenvalue weighted by atomic mass is 35.5. The molecule has 18 heavy (non-hydrogen) atoms. The van der Waals surface area contributed by atoms with Crippen molar-refractivity contribution in [1.82, 2.24) is 5.32 Å². The summed E-state index contributed by atoms with van der Waals surface area (Å²) in [5.41, 5.74) is 0.577. The summed E-state index contributed by atoms with van der Waals surface area (Å²) < 4.78 is 31.9. The third-order valence-electron chi connectivity index (χ3n) is 3.29. The van der Waals surface area contributed by atoms with Crippen molar-refractivity contribution in [3.8, 4) is 0 Å². The molecule has 0 aromatic heterocycles. The molecule has 1 N–H and O–H groups in total. The van der Waals surface area contributed by atoms with Gasteiger partial charge in [0.15, 0.2) is 11.6 Å². The number of hydrogen-bond donors (Lipinski definition) is 1. The number of halogens is 3. The maximum absolute atomic E-state index is 13.3. The van der Waals surface area contributed by atoms with Gasteiger partial charge in [0.1, 0.15) is 0 Å². The highest BCUT2D eigenvalue weighted by molar-refractivity contribution is 6.31. The van der Waals surface area contributed by atoms with Gasteiger partial charge in [0.25, 0.3) is 0 Å². The molecule has 5 heteroatoms. The quantitative estimate of drug-likeness (QED) is 0.850. The molecule has 2 nitrogen and oxygen atoms in total. The number of rotatable bonds is 4. The molecule has 1 aliphatic heterocycles. The molecule has 1 aromatic carbocycles. The highest BCUT2D eigenvalue weighted by Gasteiger charge is 2.23. The first-order valence-corrected chi connectivity index (χ1v) is 6.43. The van der Waals surface area contributed by atoms with E-state index in [1.54, 1.807) is 7.05 Å². The second-order valence-electron chi connectivity index (χ2n) is 4.50. The SMILES string of the molecule is CNC(CC1CCCO1)c1cc(F)c(F)cc1Cl. The lowest BCUT2D eigenvalue weighted by atomic mass is 9.99. The molecule has 1 aromatic rings. The van der Waals surface area contributed by atoms with Crippen molar-refractivity contribution in [3.05, 3.63) is 34.4 Å². The summed E-state index contributed by atoms with van der Waals surface area (Å²) in [6.45, 7) is 0.770. The molecule has 1 saturated heterocycles. The Morgan fingerprint density at radius 2 is 2.17 bits per heavy atom. The standard InChI is InChI=1S/C13H16ClF2NO/c1-17-13(5-8-3-2-4-18-8)9-6-11(15)12(16)7-10(9)14/h6-8,13,17H,2-5H2,1H3. The van der Waals surface area contributed by atoms with Crippen LogP contribution in [-0.2, 0) is 4.74 Å². The number of nitrogens with one attached hydrogen (secondary N) is 1. The van der Waals surface area contributed by atoms with Crippen LogP contribution in [0.2, 0.25) is 5.02 Å². The van der Waals surface area contributed by atoms with Crippen LogP contribution in [-0.4, -0.2) is 19.8 Å². The molecule has 0 bridgehead atoms. The van der Waals surface area contributed by atoms with Crippen LogP contribution in [0.1, 0.15) is 30.9 Å². The van der Waals surface area contributed by atoms with E-state index in [0.29, 0.717) is 12.0 Å². The smallest absolute Gasteiger partial charge is 0.160 e. The second kappa shape index (κ2) is 5.95. The minimum Gasteiger partial charge on any atom is -0.378 e. The molecular formula is C13H16ClF2NO. The van der Waals surface area contributed by atoms with Gasteiger partial charge in [0.05, 0.1) is 6.10 Å². The van der Waals surface area contributed by atoms with E-state index >= 15 is 0 Å². The lowest BCUT2D eigenvalue weighted by Gasteiger charge is -2.21. The Morgan fingerprint density at radius 1 is 1.44 bits per heavy atom. The zero-order chi connectivity index (χ0) is 13.1. The average molecular weight is 276 g/mol. The number of hydrogen-bond acceptors (Lipinski definition) is 2. The normalized spacial score (nSPS) is 21.2. The van der Waals surface area contributed by atoms with Gasteiger partial charge in [-0.25, -0.2) is 8.78 Å². The first-order chi connectivity index (χ1) is 8.61. The van der Waals surface area contributed by atoms with Crippen molar-refractivity contribution in [2.75, 3.05) is 13.7 Å². The van der Waals surface area contributed by atoms with Gasteiger partial charge in [-0.05, 0) is 44.0 Å². The molecule has 2 rings (SSSR count). The van der Waals surface area contributed by atoms with Crippen molar-refractivity contribution >= 4 is 11.6 Å². The van der Waals surface area contributed by atoms with E-state index in [1.807, 2.05) is 0 Å². The molecule has 0 saturated carbocycles. The van der Waals surface area contributed by atoms with Crippen molar-refractivity contribution in [1.29, 1.82) is 0 Å². The Balaban J connectivity index is 2.18. The van der Waals surface area contributed by atoms with Gasteiger partial charge >= 0.3 is 0 Å². The van der Waals surface area contributed by atoms with Crippen LogP contribution < -0.4 is 5.32 Å². The van der Waals surface area contributed by atoms with Crippen LogP contribution in [0.25, 0.3) is 0 Å². The van der Waals surface area contributed by atoms with Crippen molar-refractivity contribution < 1.29 is 13.5 Å². The van der Waals surface area contributed by atoms with Gasteiger partial charge in [-0.3, -0.25) is 0 Å². The van der Waals surface area contributed by atoms with E-state index in [0.717, 1.165) is 31.6 Å². The summed E-state index contributed by atoms with van der Waals surface area (Å²) in [6, 6.07) is 2.05. The Bertz CT molecular complexity index is 422. The van der Waals surface area contributed by atoms with Gasteiger partial charge in [0.2, 0.25) is 0 Å². The minimum absolute atomic E-state index is 0.129.